The lowest BCUT2D eigenvalue weighted by atomic mass is 9.97. The highest BCUT2D eigenvalue weighted by Gasteiger charge is 2.22. The first-order valence-corrected chi connectivity index (χ1v) is 11.5. The first-order chi connectivity index (χ1) is 17.7. The number of ether oxygens (including phenoxy) is 2. The average molecular weight is 471 g/mol. The summed E-state index contributed by atoms with van der Waals surface area (Å²) in [5.41, 5.74) is 4.01. The molecule has 0 saturated heterocycles. The quantitative estimate of drug-likeness (QED) is 0.191. The van der Waals surface area contributed by atoms with Crippen molar-refractivity contribution in [3.8, 4) is 33.8 Å². The molecule has 0 amide bonds. The normalized spacial score (nSPS) is 10.4. The van der Waals surface area contributed by atoms with Gasteiger partial charge in [0, 0.05) is 5.56 Å². The number of rotatable bonds is 6. The first-order valence-electron chi connectivity index (χ1n) is 11.5. The summed E-state index contributed by atoms with van der Waals surface area (Å²) in [6.07, 6.45) is 0. The maximum Gasteiger partial charge on any atom is 0.343 e. The van der Waals surface area contributed by atoms with Crippen LogP contribution in [0.1, 0.15) is 20.7 Å². The molecule has 0 aromatic heterocycles. The van der Waals surface area contributed by atoms with Crippen molar-refractivity contribution < 1.29 is 19.1 Å². The summed E-state index contributed by atoms with van der Waals surface area (Å²) in [5, 5.41) is 0. The van der Waals surface area contributed by atoms with E-state index in [4.69, 9.17) is 9.47 Å². The van der Waals surface area contributed by atoms with Crippen molar-refractivity contribution in [3.05, 3.63) is 145 Å². The summed E-state index contributed by atoms with van der Waals surface area (Å²) >= 11 is 0. The second kappa shape index (κ2) is 10.5. The van der Waals surface area contributed by atoms with Gasteiger partial charge in [-0.05, 0) is 53.1 Å². The summed E-state index contributed by atoms with van der Waals surface area (Å²) in [7, 11) is 0. The molecule has 0 N–H and O–H groups in total. The Bertz CT molecular complexity index is 1480. The van der Waals surface area contributed by atoms with Crippen molar-refractivity contribution >= 4 is 11.9 Å². The third-order valence-corrected chi connectivity index (χ3v) is 5.66. The lowest BCUT2D eigenvalue weighted by molar-refractivity contribution is 0.0683. The summed E-state index contributed by atoms with van der Waals surface area (Å²) < 4.78 is 11.8. The lowest BCUT2D eigenvalue weighted by Crippen LogP contribution is -2.13. The minimum Gasteiger partial charge on any atom is -0.419 e. The van der Waals surface area contributed by atoms with E-state index in [2.05, 4.69) is 0 Å². The van der Waals surface area contributed by atoms with Crippen LogP contribution in [0.15, 0.2) is 133 Å². The number of esters is 2. The minimum atomic E-state index is -0.545. The molecule has 0 spiro atoms. The van der Waals surface area contributed by atoms with E-state index in [-0.39, 0.29) is 11.5 Å². The predicted molar refractivity (Wildman–Crippen MR) is 140 cm³/mol. The van der Waals surface area contributed by atoms with Crippen LogP contribution in [-0.4, -0.2) is 11.9 Å². The molecule has 0 aliphatic rings. The number of hydrogen-bond donors (Lipinski definition) is 0. The highest BCUT2D eigenvalue weighted by molar-refractivity contribution is 5.95. The Morgan fingerprint density at radius 3 is 1.42 bits per heavy atom. The van der Waals surface area contributed by atoms with Crippen LogP contribution in [0.25, 0.3) is 22.3 Å². The Kier molecular flexibility index (Phi) is 6.68. The molecule has 0 atom stereocenters. The van der Waals surface area contributed by atoms with E-state index in [0.717, 1.165) is 16.7 Å². The molecule has 0 fully saturated rings. The van der Waals surface area contributed by atoms with Gasteiger partial charge in [-0.3, -0.25) is 0 Å². The second-order valence-corrected chi connectivity index (χ2v) is 8.09. The molecule has 0 radical (unpaired) electrons. The smallest absolute Gasteiger partial charge is 0.343 e. The largest absolute Gasteiger partial charge is 0.419 e. The maximum atomic E-state index is 13.1. The Balaban J connectivity index is 1.67. The summed E-state index contributed by atoms with van der Waals surface area (Å²) in [4.78, 5) is 26.2. The standard InChI is InChI=1S/C32H22O4/c33-31(25-17-9-3-10-18-25)35-29-22-27(23-13-5-1-6-14-23)21-28(24-15-7-2-8-16-24)30(29)36-32(34)26-19-11-4-12-20-26/h1-22H. The van der Waals surface area contributed by atoms with Crippen LogP contribution in [0.5, 0.6) is 11.5 Å². The Hall–Kier alpha value is -4.96. The van der Waals surface area contributed by atoms with E-state index in [0.29, 0.717) is 16.7 Å². The van der Waals surface area contributed by atoms with E-state index >= 15 is 0 Å². The first kappa shape index (κ1) is 22.8. The van der Waals surface area contributed by atoms with Crippen LogP contribution in [0.4, 0.5) is 0 Å². The van der Waals surface area contributed by atoms with Crippen LogP contribution in [0.2, 0.25) is 0 Å². The van der Waals surface area contributed by atoms with Crippen LogP contribution in [0, 0.1) is 0 Å². The SMILES string of the molecule is O=C(Oc1cc(-c2ccccc2)cc(-c2ccccc2)c1OC(=O)c1ccccc1)c1ccccc1. The van der Waals surface area contributed by atoms with E-state index < -0.39 is 11.9 Å². The maximum absolute atomic E-state index is 13.1. The zero-order chi connectivity index (χ0) is 24.7. The van der Waals surface area contributed by atoms with Gasteiger partial charge in [-0.15, -0.1) is 0 Å². The highest BCUT2D eigenvalue weighted by atomic mass is 16.6. The number of carbonyl (C=O) groups is 2. The topological polar surface area (TPSA) is 52.6 Å². The fraction of sp³-hybridized carbons (Fsp3) is 0. The Morgan fingerprint density at radius 1 is 0.444 bits per heavy atom. The monoisotopic (exact) mass is 470 g/mol. The molecule has 4 nitrogen and oxygen atoms in total. The van der Waals surface area contributed by atoms with Crippen molar-refractivity contribution in [1.29, 1.82) is 0 Å². The molecule has 174 valence electrons. The van der Waals surface area contributed by atoms with Crippen LogP contribution >= 0.6 is 0 Å². The zero-order valence-electron chi connectivity index (χ0n) is 19.3. The van der Waals surface area contributed by atoms with Gasteiger partial charge in [0.05, 0.1) is 11.1 Å². The predicted octanol–water partition coefficient (Wildman–Crippen LogP) is 7.46. The Morgan fingerprint density at radius 2 is 0.889 bits per heavy atom. The van der Waals surface area contributed by atoms with Crippen molar-refractivity contribution in [1.82, 2.24) is 0 Å². The summed E-state index contributed by atoms with van der Waals surface area (Å²) in [6.45, 7) is 0. The number of benzene rings is 5. The van der Waals surface area contributed by atoms with Crippen molar-refractivity contribution in [2.24, 2.45) is 0 Å². The molecule has 4 heteroatoms. The fourth-order valence-corrected chi connectivity index (χ4v) is 3.87. The van der Waals surface area contributed by atoms with Gasteiger partial charge in [-0.25, -0.2) is 9.59 Å². The molecule has 0 aliphatic heterocycles. The van der Waals surface area contributed by atoms with E-state index in [9.17, 15) is 9.59 Å². The summed E-state index contributed by atoms with van der Waals surface area (Å²) in [6, 6.07) is 40.5. The van der Waals surface area contributed by atoms with Gasteiger partial charge in [0.25, 0.3) is 0 Å². The fourth-order valence-electron chi connectivity index (χ4n) is 3.87. The van der Waals surface area contributed by atoms with Gasteiger partial charge in [0.15, 0.2) is 11.5 Å². The van der Waals surface area contributed by atoms with E-state index in [1.807, 2.05) is 78.9 Å². The molecule has 0 saturated carbocycles. The molecule has 0 unspecified atom stereocenters. The van der Waals surface area contributed by atoms with Crippen molar-refractivity contribution in [2.75, 3.05) is 0 Å². The van der Waals surface area contributed by atoms with Crippen LogP contribution < -0.4 is 9.47 Å². The third-order valence-electron chi connectivity index (χ3n) is 5.66. The third kappa shape index (κ3) is 5.08. The zero-order valence-corrected chi connectivity index (χ0v) is 19.3. The highest BCUT2D eigenvalue weighted by Crippen LogP contribution is 2.43. The van der Waals surface area contributed by atoms with Gasteiger partial charge in [0.1, 0.15) is 0 Å². The minimum absolute atomic E-state index is 0.161. The lowest BCUT2D eigenvalue weighted by Gasteiger charge is -2.17. The van der Waals surface area contributed by atoms with Gasteiger partial charge < -0.3 is 9.47 Å². The van der Waals surface area contributed by atoms with Gasteiger partial charge in [0.2, 0.25) is 0 Å². The molecular formula is C32H22O4. The average Bonchev–Trinajstić information content (AvgIpc) is 2.95. The molecule has 36 heavy (non-hydrogen) atoms. The molecule has 5 aromatic carbocycles. The van der Waals surface area contributed by atoms with Crippen LogP contribution in [-0.2, 0) is 0 Å². The van der Waals surface area contributed by atoms with Crippen molar-refractivity contribution in [3.63, 3.8) is 0 Å². The number of hydrogen-bond acceptors (Lipinski definition) is 4. The van der Waals surface area contributed by atoms with E-state index in [1.54, 1.807) is 54.6 Å². The molecule has 0 aliphatic carbocycles. The molecule has 5 rings (SSSR count). The Labute approximate surface area is 209 Å². The molecule has 0 heterocycles. The summed E-state index contributed by atoms with van der Waals surface area (Å²) in [5.74, 6) is -0.749. The van der Waals surface area contributed by atoms with E-state index in [1.165, 1.54) is 0 Å². The van der Waals surface area contributed by atoms with Gasteiger partial charge in [-0.2, -0.15) is 0 Å². The second-order valence-electron chi connectivity index (χ2n) is 8.09. The van der Waals surface area contributed by atoms with Gasteiger partial charge >= 0.3 is 11.9 Å². The molecule has 5 aromatic rings. The van der Waals surface area contributed by atoms with Crippen molar-refractivity contribution in [2.45, 2.75) is 0 Å². The van der Waals surface area contributed by atoms with Gasteiger partial charge in [-0.1, -0.05) is 97.1 Å². The molecular weight excluding hydrogens is 448 g/mol. The van der Waals surface area contributed by atoms with Crippen LogP contribution in [0.3, 0.4) is 0 Å². The molecule has 0 bridgehead atoms. The number of carbonyl (C=O) groups excluding carboxylic acids is 2.